The van der Waals surface area contributed by atoms with E-state index in [9.17, 15) is 17.6 Å². The van der Waals surface area contributed by atoms with E-state index in [4.69, 9.17) is 5.84 Å². The fourth-order valence-corrected chi connectivity index (χ4v) is 2.21. The number of nitrogens with zero attached hydrogens (tertiary/aromatic N) is 2. The van der Waals surface area contributed by atoms with Crippen molar-refractivity contribution in [3.05, 3.63) is 52.6 Å². The summed E-state index contributed by atoms with van der Waals surface area (Å²) in [5.41, 5.74) is 2.78. The van der Waals surface area contributed by atoms with Crippen LogP contribution >= 0.6 is 0 Å². The second-order valence-electron chi connectivity index (χ2n) is 4.68. The van der Waals surface area contributed by atoms with Crippen LogP contribution in [0.1, 0.15) is 28.4 Å². The molecule has 3 N–H and O–H groups in total. The molecule has 0 saturated heterocycles. The average molecular weight is 302 g/mol. The summed E-state index contributed by atoms with van der Waals surface area (Å²) >= 11 is 0. The summed E-state index contributed by atoms with van der Waals surface area (Å²) in [7, 11) is 1.71. The molecular weight excluding hydrogens is 288 g/mol. The Balaban J connectivity index is 2.45. The molecule has 4 nitrogen and oxygen atoms in total. The van der Waals surface area contributed by atoms with E-state index >= 15 is 0 Å². The molecule has 21 heavy (non-hydrogen) atoms. The number of hydrogen-bond acceptors (Lipinski definition) is 3. The summed E-state index contributed by atoms with van der Waals surface area (Å²) in [5.74, 6) is 4.13. The van der Waals surface area contributed by atoms with Crippen molar-refractivity contribution in [1.29, 1.82) is 0 Å². The third-order valence-electron chi connectivity index (χ3n) is 3.16. The van der Waals surface area contributed by atoms with Crippen LogP contribution in [0.3, 0.4) is 0 Å². The normalized spacial score (nSPS) is 13.5. The van der Waals surface area contributed by atoms with Gasteiger partial charge in [0.05, 0.1) is 17.3 Å². The number of aryl methyl sites for hydroxylation is 2. The molecule has 0 saturated carbocycles. The Labute approximate surface area is 118 Å². The first-order valence-electron chi connectivity index (χ1n) is 6.07. The zero-order valence-electron chi connectivity index (χ0n) is 11.4. The molecule has 0 aliphatic heterocycles. The molecule has 0 aliphatic rings. The van der Waals surface area contributed by atoms with Gasteiger partial charge in [0.25, 0.3) is 0 Å². The summed E-state index contributed by atoms with van der Waals surface area (Å²) in [5, 5.41) is 4.13. The second-order valence-corrected chi connectivity index (χ2v) is 4.68. The second kappa shape index (κ2) is 5.45. The van der Waals surface area contributed by atoms with E-state index < -0.39 is 23.6 Å². The highest BCUT2D eigenvalue weighted by atomic mass is 19.4. The predicted octanol–water partition coefficient (Wildman–Crippen LogP) is 2.44. The maximum absolute atomic E-state index is 13.7. The first-order valence-corrected chi connectivity index (χ1v) is 6.07. The third kappa shape index (κ3) is 3.06. The smallest absolute Gasteiger partial charge is 0.275 e. The Kier molecular flexibility index (Phi) is 4.02. The van der Waals surface area contributed by atoms with Crippen LogP contribution in [0.15, 0.2) is 24.4 Å². The lowest BCUT2D eigenvalue weighted by molar-refractivity contribution is -0.140. The Hall–Kier alpha value is -1.93. The molecule has 0 aliphatic carbocycles. The quantitative estimate of drug-likeness (QED) is 0.520. The zero-order valence-corrected chi connectivity index (χ0v) is 11.4. The maximum Gasteiger partial charge on any atom is 0.419 e. The van der Waals surface area contributed by atoms with Crippen molar-refractivity contribution in [3.8, 4) is 0 Å². The van der Waals surface area contributed by atoms with Crippen LogP contribution in [-0.2, 0) is 13.2 Å². The fraction of sp³-hybridized carbons (Fsp3) is 0.308. The van der Waals surface area contributed by atoms with E-state index in [-0.39, 0.29) is 0 Å². The van der Waals surface area contributed by atoms with Crippen molar-refractivity contribution in [1.82, 2.24) is 15.2 Å². The number of aromatic nitrogens is 2. The maximum atomic E-state index is 13.7. The average Bonchev–Trinajstić information content (AvgIpc) is 2.68. The fourth-order valence-electron chi connectivity index (χ4n) is 2.21. The first-order chi connectivity index (χ1) is 9.74. The van der Waals surface area contributed by atoms with Gasteiger partial charge in [-0.25, -0.2) is 9.82 Å². The highest BCUT2D eigenvalue weighted by molar-refractivity contribution is 5.35. The number of rotatable bonds is 3. The first kappa shape index (κ1) is 15.5. The van der Waals surface area contributed by atoms with Crippen LogP contribution in [-0.4, -0.2) is 9.78 Å². The number of nitrogens with one attached hydrogen (secondary N) is 1. The van der Waals surface area contributed by atoms with Crippen LogP contribution in [0, 0.1) is 12.7 Å². The molecule has 1 aromatic carbocycles. The number of alkyl halides is 3. The molecule has 1 aromatic heterocycles. The van der Waals surface area contributed by atoms with Gasteiger partial charge in [-0.2, -0.15) is 18.3 Å². The monoisotopic (exact) mass is 302 g/mol. The minimum absolute atomic E-state index is 0.291. The number of hydrogen-bond donors (Lipinski definition) is 2. The molecule has 2 aromatic rings. The van der Waals surface area contributed by atoms with Crippen LogP contribution in [0.2, 0.25) is 0 Å². The van der Waals surface area contributed by atoms with Gasteiger partial charge in [0.15, 0.2) is 0 Å². The Bertz CT molecular complexity index is 648. The summed E-state index contributed by atoms with van der Waals surface area (Å²) < 4.78 is 52.9. The Morgan fingerprint density at radius 1 is 1.33 bits per heavy atom. The minimum atomic E-state index is -4.72. The van der Waals surface area contributed by atoms with E-state index in [0.29, 0.717) is 22.9 Å². The van der Waals surface area contributed by atoms with Crippen molar-refractivity contribution in [2.45, 2.75) is 19.1 Å². The molecule has 1 heterocycles. The number of nitrogens with two attached hydrogens (primary N) is 1. The van der Waals surface area contributed by atoms with Gasteiger partial charge in [0, 0.05) is 18.8 Å². The molecule has 1 atom stereocenters. The molecule has 1 unspecified atom stereocenters. The van der Waals surface area contributed by atoms with Crippen molar-refractivity contribution in [3.63, 3.8) is 0 Å². The van der Waals surface area contributed by atoms with Gasteiger partial charge in [-0.15, -0.1) is 0 Å². The molecule has 0 fully saturated rings. The van der Waals surface area contributed by atoms with Gasteiger partial charge in [-0.1, -0.05) is 6.07 Å². The van der Waals surface area contributed by atoms with Gasteiger partial charge in [-0.05, 0) is 24.6 Å². The Morgan fingerprint density at radius 3 is 2.43 bits per heavy atom. The number of hydrazine groups is 1. The molecule has 114 valence electrons. The van der Waals surface area contributed by atoms with Crippen molar-refractivity contribution < 1.29 is 17.6 Å². The lowest BCUT2D eigenvalue weighted by atomic mass is 9.98. The van der Waals surface area contributed by atoms with E-state index in [0.717, 1.165) is 6.07 Å². The molecule has 0 radical (unpaired) electrons. The Morgan fingerprint density at radius 2 is 2.00 bits per heavy atom. The van der Waals surface area contributed by atoms with E-state index in [1.807, 2.05) is 0 Å². The van der Waals surface area contributed by atoms with Gasteiger partial charge in [0.1, 0.15) is 5.82 Å². The lowest BCUT2D eigenvalue weighted by Gasteiger charge is -2.17. The predicted molar refractivity (Wildman–Crippen MR) is 68.5 cm³/mol. The van der Waals surface area contributed by atoms with Crippen LogP contribution in [0.4, 0.5) is 17.6 Å². The number of halogens is 4. The van der Waals surface area contributed by atoms with Gasteiger partial charge >= 0.3 is 6.18 Å². The van der Waals surface area contributed by atoms with E-state index in [2.05, 4.69) is 10.5 Å². The third-order valence-corrected chi connectivity index (χ3v) is 3.16. The van der Waals surface area contributed by atoms with Crippen LogP contribution in [0.25, 0.3) is 0 Å². The van der Waals surface area contributed by atoms with Crippen molar-refractivity contribution >= 4 is 0 Å². The lowest BCUT2D eigenvalue weighted by Crippen LogP contribution is -2.29. The molecule has 2 rings (SSSR count). The molecule has 0 amide bonds. The molecule has 0 bridgehead atoms. The van der Waals surface area contributed by atoms with Crippen molar-refractivity contribution in [2.24, 2.45) is 12.9 Å². The van der Waals surface area contributed by atoms with Crippen molar-refractivity contribution in [2.75, 3.05) is 0 Å². The van der Waals surface area contributed by atoms with Crippen LogP contribution in [0.5, 0.6) is 0 Å². The SMILES string of the molecule is Cc1nn(C)cc1C(NN)c1ccc(C(F)(F)F)c(F)c1. The highest BCUT2D eigenvalue weighted by Crippen LogP contribution is 2.33. The summed E-state index contributed by atoms with van der Waals surface area (Å²) in [4.78, 5) is 0. The number of benzene rings is 1. The van der Waals surface area contributed by atoms with Gasteiger partial charge < -0.3 is 0 Å². The molecular formula is C13H14F4N4. The largest absolute Gasteiger partial charge is 0.419 e. The van der Waals surface area contributed by atoms with Gasteiger partial charge in [0.2, 0.25) is 0 Å². The van der Waals surface area contributed by atoms with E-state index in [1.54, 1.807) is 24.9 Å². The standard InChI is InChI=1S/C13H14F4N4/c1-7-9(6-21(2)20-7)12(19-18)8-3-4-10(11(14)5-8)13(15,16)17/h3-6,12,19H,18H2,1-2H3. The topological polar surface area (TPSA) is 55.9 Å². The zero-order chi connectivity index (χ0) is 15.8. The molecule has 0 spiro atoms. The van der Waals surface area contributed by atoms with Gasteiger partial charge in [-0.3, -0.25) is 10.5 Å². The van der Waals surface area contributed by atoms with E-state index in [1.165, 1.54) is 6.07 Å². The summed E-state index contributed by atoms with van der Waals surface area (Å²) in [6.07, 6.45) is -3.05. The highest BCUT2D eigenvalue weighted by Gasteiger charge is 2.34. The minimum Gasteiger partial charge on any atom is -0.275 e. The summed E-state index contributed by atoms with van der Waals surface area (Å²) in [6.45, 7) is 1.74. The molecule has 8 heteroatoms. The van der Waals surface area contributed by atoms with Crippen LogP contribution < -0.4 is 11.3 Å². The summed E-state index contributed by atoms with van der Waals surface area (Å²) in [6, 6.07) is 2.10.